The van der Waals surface area contributed by atoms with Crippen molar-refractivity contribution in [2.75, 3.05) is 0 Å². The van der Waals surface area contributed by atoms with Crippen LogP contribution in [0.5, 0.6) is 0 Å². The minimum Gasteiger partial charge on any atom is -0.348 e. The van der Waals surface area contributed by atoms with Gasteiger partial charge in [-0.1, -0.05) is 6.92 Å². The lowest BCUT2D eigenvalue weighted by Gasteiger charge is -2.14. The van der Waals surface area contributed by atoms with Gasteiger partial charge in [0.15, 0.2) is 0 Å². The monoisotopic (exact) mass is 298 g/mol. The van der Waals surface area contributed by atoms with Crippen molar-refractivity contribution in [2.24, 2.45) is 0 Å². The number of amides is 1. The van der Waals surface area contributed by atoms with Crippen LogP contribution in [0.15, 0.2) is 22.7 Å². The highest BCUT2D eigenvalue weighted by Gasteiger charge is 2.14. The van der Waals surface area contributed by atoms with Gasteiger partial charge in [-0.2, -0.15) is 5.26 Å². The van der Waals surface area contributed by atoms with E-state index in [9.17, 15) is 9.18 Å². The van der Waals surface area contributed by atoms with Crippen LogP contribution in [-0.2, 0) is 0 Å². The Morgan fingerprint density at radius 1 is 1.65 bits per heavy atom. The predicted molar refractivity (Wildman–Crippen MR) is 65.9 cm³/mol. The second-order valence-corrected chi connectivity index (χ2v) is 4.42. The van der Waals surface area contributed by atoms with Crippen molar-refractivity contribution in [3.8, 4) is 6.07 Å². The second-order valence-electron chi connectivity index (χ2n) is 3.57. The molecule has 0 aliphatic rings. The van der Waals surface area contributed by atoms with Crippen LogP contribution in [-0.4, -0.2) is 11.9 Å². The Morgan fingerprint density at radius 3 is 2.88 bits per heavy atom. The Hall–Kier alpha value is -1.41. The molecular weight excluding hydrogens is 287 g/mol. The van der Waals surface area contributed by atoms with Crippen molar-refractivity contribution >= 4 is 21.8 Å². The van der Waals surface area contributed by atoms with Crippen molar-refractivity contribution in [1.29, 1.82) is 5.26 Å². The van der Waals surface area contributed by atoms with Gasteiger partial charge in [-0.05, 0) is 40.5 Å². The molecule has 90 valence electrons. The molecule has 0 saturated carbocycles. The third-order valence-electron chi connectivity index (χ3n) is 2.34. The van der Waals surface area contributed by atoms with Gasteiger partial charge in [-0.15, -0.1) is 0 Å². The van der Waals surface area contributed by atoms with Gasteiger partial charge in [0.05, 0.1) is 18.1 Å². The van der Waals surface area contributed by atoms with Gasteiger partial charge in [0.1, 0.15) is 5.82 Å². The van der Waals surface area contributed by atoms with E-state index in [-0.39, 0.29) is 18.4 Å². The van der Waals surface area contributed by atoms with Gasteiger partial charge in [-0.3, -0.25) is 4.79 Å². The average Bonchev–Trinajstić information content (AvgIpc) is 2.28. The fraction of sp³-hybridized carbons (Fsp3) is 0.333. The van der Waals surface area contributed by atoms with Crippen molar-refractivity contribution in [3.05, 3.63) is 34.1 Å². The maximum Gasteiger partial charge on any atom is 0.252 e. The van der Waals surface area contributed by atoms with Crippen LogP contribution in [0.2, 0.25) is 0 Å². The van der Waals surface area contributed by atoms with Crippen LogP contribution in [0.25, 0.3) is 0 Å². The van der Waals surface area contributed by atoms with E-state index in [0.717, 1.165) is 0 Å². The molecular formula is C12H12BrFN2O. The zero-order valence-corrected chi connectivity index (χ0v) is 10.9. The van der Waals surface area contributed by atoms with Gasteiger partial charge >= 0.3 is 0 Å². The molecule has 1 N–H and O–H groups in total. The lowest BCUT2D eigenvalue weighted by molar-refractivity contribution is 0.0936. The number of halogens is 2. The number of carbonyl (C=O) groups excluding carboxylic acids is 1. The Morgan fingerprint density at radius 2 is 2.35 bits per heavy atom. The minimum atomic E-state index is -0.405. The van der Waals surface area contributed by atoms with Crippen molar-refractivity contribution in [3.63, 3.8) is 0 Å². The van der Waals surface area contributed by atoms with Crippen molar-refractivity contribution < 1.29 is 9.18 Å². The molecule has 17 heavy (non-hydrogen) atoms. The number of hydrogen-bond acceptors (Lipinski definition) is 2. The quantitative estimate of drug-likeness (QED) is 0.929. The van der Waals surface area contributed by atoms with Gasteiger partial charge in [0, 0.05) is 10.5 Å². The van der Waals surface area contributed by atoms with E-state index >= 15 is 0 Å². The fourth-order valence-corrected chi connectivity index (χ4v) is 1.88. The van der Waals surface area contributed by atoms with Gasteiger partial charge in [0.2, 0.25) is 0 Å². The highest BCUT2D eigenvalue weighted by Crippen LogP contribution is 2.18. The van der Waals surface area contributed by atoms with Crippen LogP contribution in [0.3, 0.4) is 0 Å². The molecule has 0 aromatic heterocycles. The first kappa shape index (κ1) is 13.7. The molecule has 0 bridgehead atoms. The van der Waals surface area contributed by atoms with Crippen LogP contribution >= 0.6 is 15.9 Å². The van der Waals surface area contributed by atoms with E-state index < -0.39 is 5.82 Å². The molecule has 0 radical (unpaired) electrons. The molecule has 3 nitrogen and oxygen atoms in total. The molecule has 0 aliphatic carbocycles. The van der Waals surface area contributed by atoms with E-state index in [0.29, 0.717) is 16.5 Å². The molecule has 5 heteroatoms. The summed E-state index contributed by atoms with van der Waals surface area (Å²) in [7, 11) is 0. The lowest BCUT2D eigenvalue weighted by atomic mass is 10.1. The summed E-state index contributed by atoms with van der Waals surface area (Å²) in [6.45, 7) is 1.89. The van der Waals surface area contributed by atoms with Crippen LogP contribution in [0, 0.1) is 17.1 Å². The predicted octanol–water partition coefficient (Wildman–Crippen LogP) is 3.01. The van der Waals surface area contributed by atoms with Gasteiger partial charge < -0.3 is 5.32 Å². The van der Waals surface area contributed by atoms with Crippen LogP contribution in [0.1, 0.15) is 30.1 Å². The summed E-state index contributed by atoms with van der Waals surface area (Å²) in [6, 6.07) is 5.71. The summed E-state index contributed by atoms with van der Waals surface area (Å²) < 4.78 is 13.3. The van der Waals surface area contributed by atoms with Gasteiger partial charge in [0.25, 0.3) is 5.91 Å². The number of nitrogens with zero attached hydrogens (tertiary/aromatic N) is 1. The second kappa shape index (κ2) is 6.36. The highest BCUT2D eigenvalue weighted by atomic mass is 79.9. The topological polar surface area (TPSA) is 52.9 Å². The van der Waals surface area contributed by atoms with E-state index in [1.165, 1.54) is 18.2 Å². The van der Waals surface area contributed by atoms with E-state index in [1.54, 1.807) is 0 Å². The summed E-state index contributed by atoms with van der Waals surface area (Å²) in [4.78, 5) is 11.8. The maximum atomic E-state index is 12.9. The Kier molecular flexibility index (Phi) is 5.11. The third-order valence-corrected chi connectivity index (χ3v) is 3.00. The van der Waals surface area contributed by atoms with E-state index in [1.807, 2.05) is 13.0 Å². The summed E-state index contributed by atoms with van der Waals surface area (Å²) in [5.74, 6) is -0.712. The number of nitriles is 1. The average molecular weight is 299 g/mol. The minimum absolute atomic E-state index is 0.176. The SMILES string of the molecule is CCC(CC#N)NC(=O)c1ccc(F)cc1Br. The van der Waals surface area contributed by atoms with Crippen LogP contribution < -0.4 is 5.32 Å². The number of carbonyl (C=O) groups is 1. The summed E-state index contributed by atoms with van der Waals surface area (Å²) >= 11 is 3.13. The largest absolute Gasteiger partial charge is 0.348 e. The summed E-state index contributed by atoms with van der Waals surface area (Å²) in [5.41, 5.74) is 0.364. The molecule has 1 rings (SSSR count). The number of benzene rings is 1. The van der Waals surface area contributed by atoms with Crippen molar-refractivity contribution in [1.82, 2.24) is 5.32 Å². The standard InChI is InChI=1S/C12H12BrFN2O/c1-2-9(5-6-15)16-12(17)10-4-3-8(14)7-11(10)13/h3-4,7,9H,2,5H2,1H3,(H,16,17). The van der Waals surface area contributed by atoms with E-state index in [2.05, 4.69) is 21.2 Å². The molecule has 1 aromatic carbocycles. The molecule has 0 heterocycles. The molecule has 0 saturated heterocycles. The molecule has 0 spiro atoms. The Balaban J connectivity index is 2.79. The van der Waals surface area contributed by atoms with Crippen molar-refractivity contribution in [2.45, 2.75) is 25.8 Å². The first-order valence-corrected chi connectivity index (χ1v) is 6.00. The van der Waals surface area contributed by atoms with E-state index in [4.69, 9.17) is 5.26 Å². The Labute approximate surface area is 108 Å². The number of hydrogen-bond donors (Lipinski definition) is 1. The smallest absolute Gasteiger partial charge is 0.252 e. The number of rotatable bonds is 4. The van der Waals surface area contributed by atoms with Crippen LogP contribution in [0.4, 0.5) is 4.39 Å². The lowest BCUT2D eigenvalue weighted by Crippen LogP contribution is -2.34. The third kappa shape index (κ3) is 3.82. The molecule has 0 fully saturated rings. The zero-order valence-electron chi connectivity index (χ0n) is 9.34. The molecule has 1 atom stereocenters. The normalized spacial score (nSPS) is 11.6. The van der Waals surface area contributed by atoms with Gasteiger partial charge in [-0.25, -0.2) is 4.39 Å². The number of nitrogens with one attached hydrogen (secondary N) is 1. The summed E-state index contributed by atoms with van der Waals surface area (Å²) in [5, 5.41) is 11.3. The molecule has 1 unspecified atom stereocenters. The Bertz CT molecular complexity index is 456. The highest BCUT2D eigenvalue weighted by molar-refractivity contribution is 9.10. The molecule has 1 aromatic rings. The zero-order chi connectivity index (χ0) is 12.8. The summed E-state index contributed by atoms with van der Waals surface area (Å²) in [6.07, 6.45) is 0.944. The first-order chi connectivity index (χ1) is 8.08. The molecule has 1 amide bonds. The first-order valence-electron chi connectivity index (χ1n) is 5.21. The maximum absolute atomic E-state index is 12.9. The fourth-order valence-electron chi connectivity index (χ4n) is 1.34. The molecule has 0 aliphatic heterocycles.